The number of amides is 2. The number of pyridine rings is 1. The molecule has 23 heavy (non-hydrogen) atoms. The number of carbonyl (C=O) groups excluding carboxylic acids is 1. The molecule has 0 aliphatic carbocycles. The summed E-state index contributed by atoms with van der Waals surface area (Å²) < 4.78 is 0. The van der Waals surface area contributed by atoms with E-state index in [1.165, 1.54) is 0 Å². The fourth-order valence-corrected chi connectivity index (χ4v) is 3.89. The van der Waals surface area contributed by atoms with E-state index in [1.54, 1.807) is 6.20 Å². The van der Waals surface area contributed by atoms with Gasteiger partial charge in [-0.1, -0.05) is 18.2 Å². The Morgan fingerprint density at radius 2 is 1.87 bits per heavy atom. The normalized spacial score (nSPS) is 22.4. The molecule has 3 heterocycles. The lowest BCUT2D eigenvalue weighted by molar-refractivity contribution is 0.206. The van der Waals surface area contributed by atoms with Crippen LogP contribution in [0.4, 0.5) is 10.5 Å². The molecule has 2 bridgehead atoms. The summed E-state index contributed by atoms with van der Waals surface area (Å²) >= 11 is 0. The third-order valence-corrected chi connectivity index (χ3v) is 5.16. The van der Waals surface area contributed by atoms with Crippen LogP contribution in [0.2, 0.25) is 0 Å². The Morgan fingerprint density at radius 3 is 2.52 bits per heavy atom. The van der Waals surface area contributed by atoms with Crippen molar-refractivity contribution >= 4 is 11.7 Å². The molecule has 4 rings (SSSR count). The molecule has 118 valence electrons. The van der Waals surface area contributed by atoms with Crippen molar-refractivity contribution in [2.24, 2.45) is 0 Å². The van der Waals surface area contributed by atoms with Gasteiger partial charge >= 0.3 is 6.03 Å². The summed E-state index contributed by atoms with van der Waals surface area (Å²) in [5.74, 6) is 0. The van der Waals surface area contributed by atoms with Crippen LogP contribution in [0.25, 0.3) is 11.1 Å². The highest BCUT2D eigenvalue weighted by atomic mass is 16.2. The molecule has 1 aromatic carbocycles. The highest BCUT2D eigenvalue weighted by Gasteiger charge is 2.42. The summed E-state index contributed by atoms with van der Waals surface area (Å²) in [5, 5.41) is 3.13. The van der Waals surface area contributed by atoms with Crippen LogP contribution in [-0.4, -0.2) is 28.0 Å². The zero-order valence-electron chi connectivity index (χ0n) is 13.3. The van der Waals surface area contributed by atoms with E-state index in [1.807, 2.05) is 31.3 Å². The first-order chi connectivity index (χ1) is 11.2. The topological polar surface area (TPSA) is 45.2 Å². The molecule has 1 N–H and O–H groups in total. The summed E-state index contributed by atoms with van der Waals surface area (Å²) in [5.41, 5.74) is 4.10. The number of aryl methyl sites for hydroxylation is 1. The summed E-state index contributed by atoms with van der Waals surface area (Å²) in [6.45, 7) is 2.03. The van der Waals surface area contributed by atoms with E-state index < -0.39 is 0 Å². The maximum Gasteiger partial charge on any atom is 0.322 e. The van der Waals surface area contributed by atoms with Crippen LogP contribution < -0.4 is 5.32 Å². The monoisotopic (exact) mass is 307 g/mol. The van der Waals surface area contributed by atoms with Crippen molar-refractivity contribution in [3.8, 4) is 11.1 Å². The molecule has 0 spiro atoms. The minimum Gasteiger partial charge on any atom is -0.319 e. The average molecular weight is 307 g/mol. The minimum atomic E-state index is 0.0569. The van der Waals surface area contributed by atoms with Crippen LogP contribution in [0, 0.1) is 6.92 Å². The smallest absolute Gasteiger partial charge is 0.319 e. The fraction of sp³-hybridized carbons (Fsp3) is 0.368. The number of rotatable bonds is 2. The molecule has 2 amide bonds. The van der Waals surface area contributed by atoms with Crippen molar-refractivity contribution in [2.45, 2.75) is 44.7 Å². The van der Waals surface area contributed by atoms with E-state index in [0.717, 1.165) is 48.1 Å². The SMILES string of the molecule is Cc1ccc(-c2cccnc2)cc1NC(=O)N1C2CCC1CC2. The second-order valence-electron chi connectivity index (χ2n) is 6.57. The van der Waals surface area contributed by atoms with Crippen molar-refractivity contribution in [1.29, 1.82) is 0 Å². The molecule has 0 radical (unpaired) electrons. The standard InChI is InChI=1S/C19H21N3O/c1-13-4-5-14(15-3-2-10-20-12-15)11-18(13)21-19(23)22-16-6-7-17(22)9-8-16/h2-5,10-12,16-17H,6-9H2,1H3,(H,21,23). The minimum absolute atomic E-state index is 0.0569. The van der Waals surface area contributed by atoms with Crippen molar-refractivity contribution in [3.63, 3.8) is 0 Å². The van der Waals surface area contributed by atoms with Gasteiger partial charge in [-0.3, -0.25) is 4.98 Å². The predicted molar refractivity (Wildman–Crippen MR) is 91.3 cm³/mol. The maximum atomic E-state index is 12.7. The number of urea groups is 1. The molecule has 1 aromatic heterocycles. The second kappa shape index (κ2) is 5.69. The summed E-state index contributed by atoms with van der Waals surface area (Å²) in [4.78, 5) is 18.9. The quantitative estimate of drug-likeness (QED) is 0.903. The molecule has 0 saturated carbocycles. The van der Waals surface area contributed by atoms with Crippen LogP contribution in [-0.2, 0) is 0 Å². The third kappa shape index (κ3) is 2.58. The number of aromatic nitrogens is 1. The Bertz CT molecular complexity index is 709. The Morgan fingerprint density at radius 1 is 1.13 bits per heavy atom. The van der Waals surface area contributed by atoms with Gasteiger partial charge in [0.1, 0.15) is 0 Å². The summed E-state index contributed by atoms with van der Waals surface area (Å²) in [6, 6.07) is 11.1. The van der Waals surface area contributed by atoms with Gasteiger partial charge in [-0.25, -0.2) is 4.79 Å². The average Bonchev–Trinajstić information content (AvgIpc) is 3.18. The van der Waals surface area contributed by atoms with E-state index in [2.05, 4.69) is 27.3 Å². The van der Waals surface area contributed by atoms with E-state index in [4.69, 9.17) is 0 Å². The molecule has 2 aliphatic rings. The molecule has 4 nitrogen and oxygen atoms in total. The van der Waals surface area contributed by atoms with Crippen LogP contribution in [0.5, 0.6) is 0 Å². The summed E-state index contributed by atoms with van der Waals surface area (Å²) in [7, 11) is 0. The van der Waals surface area contributed by atoms with Gasteiger partial charge in [-0.05, 0) is 55.9 Å². The number of nitrogens with one attached hydrogen (secondary N) is 1. The molecular formula is C19H21N3O. The van der Waals surface area contributed by atoms with Gasteiger partial charge in [0, 0.05) is 35.7 Å². The van der Waals surface area contributed by atoms with E-state index in [0.29, 0.717) is 12.1 Å². The molecule has 2 aliphatic heterocycles. The van der Waals surface area contributed by atoms with E-state index >= 15 is 0 Å². The fourth-order valence-electron chi connectivity index (χ4n) is 3.89. The van der Waals surface area contributed by atoms with E-state index in [-0.39, 0.29) is 6.03 Å². The van der Waals surface area contributed by atoms with Crippen molar-refractivity contribution in [2.75, 3.05) is 5.32 Å². The number of benzene rings is 1. The lowest BCUT2D eigenvalue weighted by Gasteiger charge is -2.23. The first-order valence-electron chi connectivity index (χ1n) is 8.33. The Balaban J connectivity index is 1.58. The molecule has 0 atom stereocenters. The third-order valence-electron chi connectivity index (χ3n) is 5.16. The zero-order valence-corrected chi connectivity index (χ0v) is 13.3. The molecule has 2 aromatic rings. The second-order valence-corrected chi connectivity index (χ2v) is 6.57. The number of hydrogen-bond donors (Lipinski definition) is 1. The van der Waals surface area contributed by atoms with Crippen LogP contribution in [0.15, 0.2) is 42.7 Å². The van der Waals surface area contributed by atoms with E-state index in [9.17, 15) is 4.79 Å². The highest BCUT2D eigenvalue weighted by molar-refractivity contribution is 5.92. The number of nitrogens with zero attached hydrogens (tertiary/aromatic N) is 2. The first kappa shape index (κ1) is 14.2. The van der Waals surface area contributed by atoms with Gasteiger partial charge in [0.25, 0.3) is 0 Å². The Labute approximate surface area is 136 Å². The lowest BCUT2D eigenvalue weighted by atomic mass is 10.0. The van der Waals surface area contributed by atoms with Gasteiger partial charge < -0.3 is 10.2 Å². The summed E-state index contributed by atoms with van der Waals surface area (Å²) in [6.07, 6.45) is 8.25. The Kier molecular flexibility index (Phi) is 3.52. The molecule has 2 saturated heterocycles. The van der Waals surface area contributed by atoms with Crippen molar-refractivity contribution in [3.05, 3.63) is 48.3 Å². The van der Waals surface area contributed by atoms with Crippen molar-refractivity contribution in [1.82, 2.24) is 9.88 Å². The van der Waals surface area contributed by atoms with Crippen LogP contribution in [0.1, 0.15) is 31.2 Å². The maximum absolute atomic E-state index is 12.7. The van der Waals surface area contributed by atoms with Gasteiger partial charge in [0.2, 0.25) is 0 Å². The zero-order chi connectivity index (χ0) is 15.8. The first-order valence-corrected chi connectivity index (χ1v) is 8.33. The lowest BCUT2D eigenvalue weighted by Crippen LogP contribution is -2.38. The number of hydrogen-bond acceptors (Lipinski definition) is 2. The largest absolute Gasteiger partial charge is 0.322 e. The molecular weight excluding hydrogens is 286 g/mol. The number of carbonyl (C=O) groups is 1. The van der Waals surface area contributed by atoms with Crippen LogP contribution in [0.3, 0.4) is 0 Å². The Hall–Kier alpha value is -2.36. The molecule has 0 unspecified atom stereocenters. The highest BCUT2D eigenvalue weighted by Crippen LogP contribution is 2.38. The van der Waals surface area contributed by atoms with Gasteiger partial charge in [0.15, 0.2) is 0 Å². The van der Waals surface area contributed by atoms with Gasteiger partial charge in [-0.15, -0.1) is 0 Å². The number of fused-ring (bicyclic) bond motifs is 2. The molecule has 2 fully saturated rings. The molecule has 4 heteroatoms. The number of anilines is 1. The van der Waals surface area contributed by atoms with Gasteiger partial charge in [-0.2, -0.15) is 0 Å². The van der Waals surface area contributed by atoms with Crippen molar-refractivity contribution < 1.29 is 4.79 Å². The van der Waals surface area contributed by atoms with Crippen LogP contribution >= 0.6 is 0 Å². The van der Waals surface area contributed by atoms with Gasteiger partial charge in [0.05, 0.1) is 0 Å². The predicted octanol–water partition coefficient (Wildman–Crippen LogP) is 4.22.